The van der Waals surface area contributed by atoms with Crippen molar-refractivity contribution in [2.24, 2.45) is 22.0 Å². The van der Waals surface area contributed by atoms with Crippen LogP contribution in [0, 0.1) is 11.8 Å². The van der Waals surface area contributed by atoms with E-state index in [-0.39, 0.29) is 23.7 Å². The van der Waals surface area contributed by atoms with Gasteiger partial charge < -0.3 is 0 Å². The summed E-state index contributed by atoms with van der Waals surface area (Å²) in [6.45, 7) is 12.2. The van der Waals surface area contributed by atoms with E-state index in [2.05, 4.69) is 34.9 Å². The Morgan fingerprint density at radius 3 is 1.26 bits per heavy atom. The third-order valence-electron chi connectivity index (χ3n) is 4.84. The number of carbonyl (C=O) groups is 2. The second kappa shape index (κ2) is 21.3. The summed E-state index contributed by atoms with van der Waals surface area (Å²) in [5.74, 6) is -0.393. The van der Waals surface area contributed by atoms with Crippen molar-refractivity contribution in [3.8, 4) is 0 Å². The Bertz CT molecular complexity index is 772. The van der Waals surface area contributed by atoms with E-state index in [4.69, 9.17) is 0 Å². The summed E-state index contributed by atoms with van der Waals surface area (Å²) < 4.78 is 0. The number of amides is 2. The molecule has 2 aromatic rings. The minimum absolute atomic E-state index is 0.0897. The smallest absolute Gasteiger partial charge is 0.243 e. The van der Waals surface area contributed by atoms with Crippen molar-refractivity contribution in [1.82, 2.24) is 10.9 Å². The van der Waals surface area contributed by atoms with E-state index in [9.17, 15) is 9.59 Å². The molecule has 0 atom stereocenters. The maximum Gasteiger partial charge on any atom is 0.243 e. The van der Waals surface area contributed by atoms with E-state index in [1.807, 2.05) is 88.4 Å². The van der Waals surface area contributed by atoms with E-state index in [1.54, 1.807) is 12.4 Å². The molecule has 6 nitrogen and oxygen atoms in total. The maximum atomic E-state index is 12.2. The number of benzene rings is 2. The van der Waals surface area contributed by atoms with Crippen LogP contribution in [-0.4, -0.2) is 24.2 Å². The number of rotatable bonds is 6. The average Bonchev–Trinajstić information content (AvgIpc) is 2.92. The zero-order valence-corrected chi connectivity index (χ0v) is 22.3. The fourth-order valence-corrected chi connectivity index (χ4v) is 3.22. The minimum atomic E-state index is -0.107. The number of hydrazone groups is 2. The van der Waals surface area contributed by atoms with Crippen molar-refractivity contribution in [3.63, 3.8) is 0 Å². The van der Waals surface area contributed by atoms with Crippen LogP contribution in [0.5, 0.6) is 0 Å². The lowest BCUT2D eigenvalue weighted by Crippen LogP contribution is -2.35. The van der Waals surface area contributed by atoms with Crippen LogP contribution >= 0.6 is 0 Å². The molecular formula is C29H44N4O2. The molecule has 1 fully saturated rings. The molecule has 0 saturated heterocycles. The zero-order chi connectivity index (χ0) is 26.3. The molecule has 1 aliphatic carbocycles. The second-order valence-corrected chi connectivity index (χ2v) is 7.55. The van der Waals surface area contributed by atoms with E-state index in [0.29, 0.717) is 25.7 Å². The molecule has 6 heteroatoms. The van der Waals surface area contributed by atoms with Gasteiger partial charge in [0, 0.05) is 11.8 Å². The molecule has 0 aromatic heterocycles. The summed E-state index contributed by atoms with van der Waals surface area (Å²) in [6.07, 6.45) is 7.20. The Kier molecular flexibility index (Phi) is 19.3. The summed E-state index contributed by atoms with van der Waals surface area (Å²) in [7, 11) is 0. The standard InChI is InChI=1S/C22H24N4O2.C3H8.2C2H6/c27-21(25-23-15-17-7-3-1-4-8-17)19-11-13-20(14-12-19)22(28)26-24-16-18-9-5-2-6-10-18;1-3-2;2*1-2/h1-10,15-16,19-20H,11-14H2,(H,25,27)(H,26,28);3H2,1-2H3;2*1-2H3/b23-15+,24-16+;;;. The monoisotopic (exact) mass is 480 g/mol. The molecule has 0 aliphatic heterocycles. The maximum absolute atomic E-state index is 12.2. The van der Waals surface area contributed by atoms with Gasteiger partial charge in [-0.05, 0) is 36.8 Å². The second-order valence-electron chi connectivity index (χ2n) is 7.55. The highest BCUT2D eigenvalue weighted by Gasteiger charge is 2.29. The Morgan fingerprint density at radius 1 is 0.686 bits per heavy atom. The van der Waals surface area contributed by atoms with Crippen LogP contribution in [0.1, 0.15) is 84.8 Å². The fourth-order valence-electron chi connectivity index (χ4n) is 3.22. The molecule has 2 aromatic carbocycles. The first-order chi connectivity index (χ1) is 17.1. The van der Waals surface area contributed by atoms with E-state index in [0.717, 1.165) is 11.1 Å². The summed E-state index contributed by atoms with van der Waals surface area (Å²) in [6, 6.07) is 19.2. The van der Waals surface area contributed by atoms with Gasteiger partial charge in [-0.3, -0.25) is 9.59 Å². The van der Waals surface area contributed by atoms with Gasteiger partial charge in [0.2, 0.25) is 11.8 Å². The molecule has 0 unspecified atom stereocenters. The number of nitrogens with zero attached hydrogens (tertiary/aromatic N) is 2. The largest absolute Gasteiger partial charge is 0.273 e. The number of carbonyl (C=O) groups excluding carboxylic acids is 2. The highest BCUT2D eigenvalue weighted by atomic mass is 16.2. The van der Waals surface area contributed by atoms with Crippen molar-refractivity contribution in [2.75, 3.05) is 0 Å². The zero-order valence-electron chi connectivity index (χ0n) is 22.3. The molecule has 0 radical (unpaired) electrons. The molecule has 35 heavy (non-hydrogen) atoms. The van der Waals surface area contributed by atoms with Crippen LogP contribution < -0.4 is 10.9 Å². The van der Waals surface area contributed by atoms with Gasteiger partial charge in [0.05, 0.1) is 12.4 Å². The van der Waals surface area contributed by atoms with Crippen LogP contribution in [-0.2, 0) is 9.59 Å². The van der Waals surface area contributed by atoms with Crippen LogP contribution in [0.4, 0.5) is 0 Å². The Hall–Kier alpha value is -3.28. The lowest BCUT2D eigenvalue weighted by molar-refractivity contribution is -0.130. The molecule has 2 amide bonds. The summed E-state index contributed by atoms with van der Waals surface area (Å²) in [4.78, 5) is 24.5. The predicted octanol–water partition coefficient (Wildman–Crippen LogP) is 6.56. The Balaban J connectivity index is 0.00000150. The van der Waals surface area contributed by atoms with Crippen molar-refractivity contribution in [1.29, 1.82) is 0 Å². The lowest BCUT2D eigenvalue weighted by atomic mass is 9.81. The normalized spacial score (nSPS) is 16.5. The summed E-state index contributed by atoms with van der Waals surface area (Å²) in [5, 5.41) is 8.03. The van der Waals surface area contributed by atoms with E-state index < -0.39 is 0 Å². The number of hydrogen-bond donors (Lipinski definition) is 2. The first kappa shape index (κ1) is 31.7. The Labute approximate surface area is 212 Å². The quantitative estimate of drug-likeness (QED) is 0.362. The highest BCUT2D eigenvalue weighted by molar-refractivity contribution is 5.85. The molecular weight excluding hydrogens is 436 g/mol. The summed E-state index contributed by atoms with van der Waals surface area (Å²) >= 11 is 0. The van der Waals surface area contributed by atoms with Crippen molar-refractivity contribution < 1.29 is 9.59 Å². The molecule has 2 N–H and O–H groups in total. The third-order valence-corrected chi connectivity index (χ3v) is 4.84. The SMILES string of the molecule is CC.CC.CCC.O=C(N/N=C/c1ccccc1)C1CCC(C(=O)N/N=C/c2ccccc2)CC1. The van der Waals surface area contributed by atoms with E-state index in [1.165, 1.54) is 6.42 Å². The van der Waals surface area contributed by atoms with Gasteiger partial charge in [-0.25, -0.2) is 10.9 Å². The van der Waals surface area contributed by atoms with Gasteiger partial charge in [0.15, 0.2) is 0 Å². The average molecular weight is 481 g/mol. The van der Waals surface area contributed by atoms with Crippen LogP contribution in [0.2, 0.25) is 0 Å². The van der Waals surface area contributed by atoms with Crippen LogP contribution in [0.15, 0.2) is 70.9 Å². The van der Waals surface area contributed by atoms with Crippen LogP contribution in [0.3, 0.4) is 0 Å². The van der Waals surface area contributed by atoms with Gasteiger partial charge in [-0.15, -0.1) is 0 Å². The molecule has 0 heterocycles. The van der Waals surface area contributed by atoms with Crippen molar-refractivity contribution in [2.45, 2.75) is 73.6 Å². The summed E-state index contributed by atoms with van der Waals surface area (Å²) in [5.41, 5.74) is 7.07. The Morgan fingerprint density at radius 2 is 0.971 bits per heavy atom. The van der Waals surface area contributed by atoms with Gasteiger partial charge in [-0.2, -0.15) is 10.2 Å². The van der Waals surface area contributed by atoms with Gasteiger partial charge in [0.1, 0.15) is 0 Å². The predicted molar refractivity (Wildman–Crippen MR) is 148 cm³/mol. The highest BCUT2D eigenvalue weighted by Crippen LogP contribution is 2.29. The van der Waals surface area contributed by atoms with Crippen LogP contribution in [0.25, 0.3) is 0 Å². The topological polar surface area (TPSA) is 82.9 Å². The molecule has 3 rings (SSSR count). The fraction of sp³-hybridized carbons (Fsp3) is 0.448. The molecule has 0 bridgehead atoms. The molecule has 0 spiro atoms. The number of nitrogens with one attached hydrogen (secondary N) is 2. The molecule has 1 aliphatic rings. The first-order valence-electron chi connectivity index (χ1n) is 12.9. The minimum Gasteiger partial charge on any atom is -0.273 e. The van der Waals surface area contributed by atoms with Gasteiger partial charge in [-0.1, -0.05) is 109 Å². The van der Waals surface area contributed by atoms with Crippen molar-refractivity contribution in [3.05, 3.63) is 71.8 Å². The molecule has 1 saturated carbocycles. The first-order valence-corrected chi connectivity index (χ1v) is 12.9. The van der Waals surface area contributed by atoms with Crippen molar-refractivity contribution >= 4 is 24.2 Å². The number of hydrogen-bond acceptors (Lipinski definition) is 4. The lowest BCUT2D eigenvalue weighted by Gasteiger charge is -2.25. The van der Waals surface area contributed by atoms with Gasteiger partial charge >= 0.3 is 0 Å². The third kappa shape index (κ3) is 13.9. The molecule has 192 valence electrons. The van der Waals surface area contributed by atoms with E-state index >= 15 is 0 Å². The van der Waals surface area contributed by atoms with Gasteiger partial charge in [0.25, 0.3) is 0 Å².